The van der Waals surface area contributed by atoms with Crippen LogP contribution >= 0.6 is 11.8 Å². The number of amides is 1. The smallest absolute Gasteiger partial charge is 0.353 e. The maximum absolute atomic E-state index is 11.9. The Hall–Kier alpha value is -2.02. The van der Waals surface area contributed by atoms with E-state index >= 15 is 0 Å². The average molecular weight is 291 g/mol. The van der Waals surface area contributed by atoms with Crippen molar-refractivity contribution in [1.29, 1.82) is 0 Å². The number of allylic oxidation sites excluding steroid dienone is 1. The van der Waals surface area contributed by atoms with Gasteiger partial charge in [0, 0.05) is 34.5 Å². The van der Waals surface area contributed by atoms with Gasteiger partial charge in [-0.3, -0.25) is 9.69 Å². The number of carbonyl (C=O) groups is 2. The van der Waals surface area contributed by atoms with Crippen molar-refractivity contribution in [1.82, 2.24) is 14.9 Å². The molecule has 0 bridgehead atoms. The number of imidazole rings is 1. The molecule has 1 aromatic heterocycles. The van der Waals surface area contributed by atoms with E-state index in [2.05, 4.69) is 9.97 Å². The first kappa shape index (κ1) is 13.0. The Bertz CT molecular complexity index is 633. The van der Waals surface area contributed by atoms with Crippen LogP contribution < -0.4 is 0 Å². The number of nitrogens with zero attached hydrogens (tertiary/aromatic N) is 2. The van der Waals surface area contributed by atoms with Crippen LogP contribution in [0.1, 0.15) is 19.0 Å². The number of thioether (sulfide) groups is 1. The molecule has 1 atom stereocenters. The summed E-state index contributed by atoms with van der Waals surface area (Å²) >= 11 is 1.45. The lowest BCUT2D eigenvalue weighted by molar-refractivity contribution is -0.142. The van der Waals surface area contributed by atoms with Crippen molar-refractivity contribution in [3.05, 3.63) is 40.5 Å². The van der Waals surface area contributed by atoms with Crippen molar-refractivity contribution in [2.45, 2.75) is 25.1 Å². The van der Waals surface area contributed by atoms with Gasteiger partial charge in [0.1, 0.15) is 5.70 Å². The van der Waals surface area contributed by atoms with Gasteiger partial charge in [0.25, 0.3) is 5.91 Å². The van der Waals surface area contributed by atoms with E-state index in [0.29, 0.717) is 17.7 Å². The van der Waals surface area contributed by atoms with E-state index in [1.165, 1.54) is 16.7 Å². The van der Waals surface area contributed by atoms with Gasteiger partial charge in [-0.25, -0.2) is 9.78 Å². The zero-order valence-electron chi connectivity index (χ0n) is 10.8. The van der Waals surface area contributed by atoms with Crippen LogP contribution in [-0.4, -0.2) is 37.9 Å². The molecule has 1 fully saturated rings. The number of hydrogen-bond acceptors (Lipinski definition) is 4. The molecule has 6 nitrogen and oxygen atoms in total. The summed E-state index contributed by atoms with van der Waals surface area (Å²) in [4.78, 5) is 32.4. The minimum Gasteiger partial charge on any atom is -0.477 e. The van der Waals surface area contributed by atoms with Crippen LogP contribution in [0.5, 0.6) is 0 Å². The van der Waals surface area contributed by atoms with Crippen LogP contribution in [-0.2, 0) is 15.3 Å². The number of carboxylic acids is 1. The first-order valence-electron chi connectivity index (χ1n) is 6.19. The van der Waals surface area contributed by atoms with Crippen molar-refractivity contribution < 1.29 is 14.7 Å². The number of carbonyl (C=O) groups excluding carboxylic acids is 1. The second-order valence-electron chi connectivity index (χ2n) is 4.58. The quantitative estimate of drug-likeness (QED) is 0.648. The summed E-state index contributed by atoms with van der Waals surface area (Å²) in [6.45, 7) is 1.81. The summed E-state index contributed by atoms with van der Waals surface area (Å²) in [6.07, 6.45) is 5.66. The number of rotatable bonds is 4. The SMILES string of the molecule is CC=C1C(=O)N2C(C(=O)O)=C(SCc3cnc[nH]3)CC12. The molecule has 2 N–H and O–H groups in total. The van der Waals surface area contributed by atoms with Crippen LogP contribution in [0.15, 0.2) is 34.8 Å². The molecule has 3 rings (SSSR count). The fourth-order valence-corrected chi connectivity index (χ4v) is 3.64. The molecule has 0 aliphatic carbocycles. The first-order valence-corrected chi connectivity index (χ1v) is 7.18. The van der Waals surface area contributed by atoms with Gasteiger partial charge < -0.3 is 10.1 Å². The van der Waals surface area contributed by atoms with E-state index < -0.39 is 5.97 Å². The predicted octanol–water partition coefficient (Wildman–Crippen LogP) is 1.50. The molecular formula is C13H13N3O3S. The molecule has 2 aliphatic heterocycles. The second kappa shape index (κ2) is 4.82. The lowest BCUT2D eigenvalue weighted by Crippen LogP contribution is -2.52. The van der Waals surface area contributed by atoms with Crippen molar-refractivity contribution in [2.75, 3.05) is 0 Å². The zero-order valence-corrected chi connectivity index (χ0v) is 11.6. The first-order chi connectivity index (χ1) is 9.63. The third kappa shape index (κ3) is 1.85. The number of hydrogen-bond donors (Lipinski definition) is 2. The molecule has 104 valence electrons. The highest BCUT2D eigenvalue weighted by molar-refractivity contribution is 8.02. The Kier molecular flexibility index (Phi) is 3.13. The maximum Gasteiger partial charge on any atom is 0.353 e. The molecule has 1 saturated heterocycles. The van der Waals surface area contributed by atoms with Crippen LogP contribution in [0.3, 0.4) is 0 Å². The maximum atomic E-state index is 11.9. The number of aliphatic carboxylic acids is 1. The largest absolute Gasteiger partial charge is 0.477 e. The van der Waals surface area contributed by atoms with Crippen LogP contribution in [0.25, 0.3) is 0 Å². The van der Waals surface area contributed by atoms with E-state index in [4.69, 9.17) is 0 Å². The number of β-lactam (4-membered cyclic amide) rings is 1. The molecule has 1 unspecified atom stereocenters. The summed E-state index contributed by atoms with van der Waals surface area (Å²) in [6, 6.07) is -0.0946. The summed E-state index contributed by atoms with van der Waals surface area (Å²) in [5.41, 5.74) is 1.77. The number of aromatic amines is 1. The van der Waals surface area contributed by atoms with E-state index in [1.54, 1.807) is 25.5 Å². The fourth-order valence-electron chi connectivity index (χ4n) is 2.56. The van der Waals surface area contributed by atoms with Gasteiger partial charge >= 0.3 is 5.97 Å². The van der Waals surface area contributed by atoms with Crippen molar-refractivity contribution in [3.8, 4) is 0 Å². The zero-order chi connectivity index (χ0) is 14.3. The molecule has 7 heteroatoms. The Labute approximate surface area is 119 Å². The predicted molar refractivity (Wildman–Crippen MR) is 73.6 cm³/mol. The lowest BCUT2D eigenvalue weighted by Gasteiger charge is -2.37. The molecule has 2 aliphatic rings. The standard InChI is InChI=1S/C13H13N3O3S/c1-2-8-9-3-10(20-5-7-4-14-6-15-7)11(13(18)19)16(9)12(8)17/h2,4,6,9H,3,5H2,1H3,(H,14,15)(H,18,19). The minimum atomic E-state index is -1.04. The molecule has 20 heavy (non-hydrogen) atoms. The molecule has 1 amide bonds. The monoisotopic (exact) mass is 291 g/mol. The Morgan fingerprint density at radius 2 is 2.50 bits per heavy atom. The summed E-state index contributed by atoms with van der Waals surface area (Å²) in [7, 11) is 0. The third-order valence-corrected chi connectivity index (χ3v) is 4.65. The second-order valence-corrected chi connectivity index (χ2v) is 5.65. The van der Waals surface area contributed by atoms with Crippen molar-refractivity contribution in [2.24, 2.45) is 0 Å². The van der Waals surface area contributed by atoms with Crippen molar-refractivity contribution in [3.63, 3.8) is 0 Å². The minimum absolute atomic E-state index is 0.0946. The van der Waals surface area contributed by atoms with Gasteiger partial charge in [0.15, 0.2) is 0 Å². The highest BCUT2D eigenvalue weighted by Gasteiger charge is 2.51. The number of fused-ring (bicyclic) bond motifs is 1. The van der Waals surface area contributed by atoms with Gasteiger partial charge in [-0.05, 0) is 6.92 Å². The van der Waals surface area contributed by atoms with Crippen molar-refractivity contribution >= 4 is 23.6 Å². The van der Waals surface area contributed by atoms with E-state index in [1.807, 2.05) is 0 Å². The molecule has 1 aromatic rings. The highest BCUT2D eigenvalue weighted by atomic mass is 32.2. The Morgan fingerprint density at radius 1 is 1.70 bits per heavy atom. The van der Waals surface area contributed by atoms with Gasteiger partial charge in [0.05, 0.1) is 12.4 Å². The normalized spacial score (nSPS) is 23.2. The lowest BCUT2D eigenvalue weighted by atomic mass is 9.94. The van der Waals surface area contributed by atoms with Crippen LogP contribution in [0, 0.1) is 0 Å². The molecule has 0 radical (unpaired) electrons. The summed E-state index contributed by atoms with van der Waals surface area (Å²) in [5.74, 6) is -0.610. The third-order valence-electron chi connectivity index (χ3n) is 3.49. The van der Waals surface area contributed by atoms with E-state index in [0.717, 1.165) is 10.6 Å². The number of nitrogens with one attached hydrogen (secondary N) is 1. The van der Waals surface area contributed by atoms with Crippen LogP contribution in [0.2, 0.25) is 0 Å². The van der Waals surface area contributed by atoms with Gasteiger partial charge in [0.2, 0.25) is 0 Å². The topological polar surface area (TPSA) is 86.3 Å². The molecule has 0 aromatic carbocycles. The van der Waals surface area contributed by atoms with Gasteiger partial charge in [-0.15, -0.1) is 11.8 Å². The van der Waals surface area contributed by atoms with Gasteiger partial charge in [-0.1, -0.05) is 6.08 Å². The van der Waals surface area contributed by atoms with Crippen LogP contribution in [0.4, 0.5) is 0 Å². The summed E-state index contributed by atoms with van der Waals surface area (Å²) < 4.78 is 0. The van der Waals surface area contributed by atoms with E-state index in [-0.39, 0.29) is 17.6 Å². The number of H-pyrrole nitrogens is 1. The molecule has 0 saturated carbocycles. The van der Waals surface area contributed by atoms with E-state index in [9.17, 15) is 14.7 Å². The average Bonchev–Trinajstić information content (AvgIpc) is 3.02. The fraction of sp³-hybridized carbons (Fsp3) is 0.308. The highest BCUT2D eigenvalue weighted by Crippen LogP contribution is 2.46. The number of carboxylic acid groups (broad SMARTS) is 1. The Balaban J connectivity index is 1.82. The molecule has 3 heterocycles. The molecular weight excluding hydrogens is 278 g/mol. The Morgan fingerprint density at radius 3 is 3.10 bits per heavy atom. The summed E-state index contributed by atoms with van der Waals surface area (Å²) in [5, 5.41) is 9.33. The molecule has 0 spiro atoms. The van der Waals surface area contributed by atoms with Gasteiger partial charge in [-0.2, -0.15) is 0 Å². The number of aromatic nitrogens is 2.